The zero-order valence-corrected chi connectivity index (χ0v) is 37.7. The molecule has 0 spiro atoms. The van der Waals surface area contributed by atoms with Crippen LogP contribution >= 0.6 is 0 Å². The van der Waals surface area contributed by atoms with Gasteiger partial charge in [-0.05, 0) is 58.2 Å². The van der Waals surface area contributed by atoms with Gasteiger partial charge in [-0.3, -0.25) is 19.2 Å². The maximum atomic E-state index is 12.6. The Morgan fingerprint density at radius 1 is 0.694 bits per heavy atom. The molecule has 1 saturated heterocycles. The van der Waals surface area contributed by atoms with E-state index in [1.165, 1.54) is 6.92 Å². The zero-order valence-electron chi connectivity index (χ0n) is 37.7. The number of anilines is 1. The Morgan fingerprint density at radius 3 is 1.71 bits per heavy atom. The second-order valence-electron chi connectivity index (χ2n) is 15.5. The van der Waals surface area contributed by atoms with Gasteiger partial charge in [0.25, 0.3) is 0 Å². The fourth-order valence-corrected chi connectivity index (χ4v) is 5.76. The number of rotatable bonds is 34. The lowest BCUT2D eigenvalue weighted by Gasteiger charge is -2.42. The summed E-state index contributed by atoms with van der Waals surface area (Å²) in [4.78, 5) is 53.1. The van der Waals surface area contributed by atoms with Crippen LogP contribution in [0, 0.1) is 11.8 Å². The van der Waals surface area contributed by atoms with Crippen molar-refractivity contribution in [2.75, 3.05) is 104 Å². The van der Waals surface area contributed by atoms with E-state index < -0.39 is 30.1 Å². The van der Waals surface area contributed by atoms with E-state index in [0.717, 1.165) is 0 Å². The molecule has 0 aromatic heterocycles. The summed E-state index contributed by atoms with van der Waals surface area (Å²) in [5.74, 6) is -0.360. The highest BCUT2D eigenvalue weighted by Crippen LogP contribution is 2.35. The quantitative estimate of drug-likeness (QED) is 0.0502. The predicted octanol–water partition coefficient (Wildman–Crippen LogP) is 4.15. The second kappa shape index (κ2) is 32.2. The molecule has 1 heterocycles. The number of carbonyl (C=O) groups excluding carboxylic acids is 4. The van der Waals surface area contributed by atoms with E-state index in [-0.39, 0.29) is 55.7 Å². The Bertz CT molecular complexity index is 1410. The summed E-state index contributed by atoms with van der Waals surface area (Å²) in [5.41, 5.74) is 2.46. The van der Waals surface area contributed by atoms with E-state index in [1.807, 2.05) is 20.8 Å². The molecule has 5 atom stereocenters. The van der Waals surface area contributed by atoms with Gasteiger partial charge >= 0.3 is 12.1 Å². The number of aliphatic hydroxyl groups excluding tert-OH is 1. The van der Waals surface area contributed by atoms with Gasteiger partial charge in [-0.2, -0.15) is 5.48 Å². The number of hydroxylamine groups is 1. The molecule has 5 unspecified atom stereocenters. The predicted molar refractivity (Wildman–Crippen MR) is 224 cm³/mol. The minimum Gasteiger partial charge on any atom is -0.460 e. The minimum atomic E-state index is -0.867. The summed E-state index contributed by atoms with van der Waals surface area (Å²) >= 11 is 0. The third-order valence-electron chi connectivity index (χ3n) is 9.26. The number of aliphatic hydroxyl groups is 1. The first-order chi connectivity index (χ1) is 29.7. The number of carbonyl (C=O) groups is 4. The van der Waals surface area contributed by atoms with E-state index in [4.69, 9.17) is 56.9 Å². The molecule has 1 aromatic rings. The van der Waals surface area contributed by atoms with Crippen molar-refractivity contribution in [3.8, 4) is 5.75 Å². The highest BCUT2D eigenvalue weighted by atomic mass is 16.7. The summed E-state index contributed by atoms with van der Waals surface area (Å²) < 4.78 is 60.9. The number of hydrogen-bond donors (Lipinski definition) is 3. The molecule has 19 heteroatoms. The summed E-state index contributed by atoms with van der Waals surface area (Å²) in [5, 5.41) is 12.8. The van der Waals surface area contributed by atoms with Gasteiger partial charge in [0, 0.05) is 50.0 Å². The average molecular weight is 889 g/mol. The summed E-state index contributed by atoms with van der Waals surface area (Å²) in [6.45, 7) is 18.2. The van der Waals surface area contributed by atoms with Gasteiger partial charge in [0.2, 0.25) is 12.2 Å². The van der Waals surface area contributed by atoms with Crippen molar-refractivity contribution in [3.63, 3.8) is 0 Å². The molecule has 1 fully saturated rings. The fraction of sp³-hybridized carbons (Fsp3) is 0.767. The van der Waals surface area contributed by atoms with E-state index in [0.29, 0.717) is 122 Å². The summed E-state index contributed by atoms with van der Waals surface area (Å²) in [6.07, 6.45) is -1.34. The normalized spacial score (nSPS) is 18.9. The van der Waals surface area contributed by atoms with Gasteiger partial charge < -0.3 is 62.5 Å². The van der Waals surface area contributed by atoms with Crippen LogP contribution in [0.4, 0.5) is 10.5 Å². The molecular formula is C43H72N2O17. The zero-order chi connectivity index (χ0) is 45.6. The lowest BCUT2D eigenvalue weighted by molar-refractivity contribution is -0.243. The highest BCUT2D eigenvalue weighted by Gasteiger charge is 2.43. The lowest BCUT2D eigenvalue weighted by Crippen LogP contribution is -2.52. The topological polar surface area (TPSA) is 223 Å². The van der Waals surface area contributed by atoms with Crippen molar-refractivity contribution in [3.05, 3.63) is 23.8 Å². The molecule has 2 rings (SSSR count). The van der Waals surface area contributed by atoms with Gasteiger partial charge in [-0.25, -0.2) is 4.79 Å². The SMILES string of the molecule is CC(=O)OC1C(Oc2ccc(NC(=O)CCC(=O)CCCOCCOCCOCCOCCOCCOCCOCCONC(=O)OC(C)(C)C)cc2CO)OC(C)C(C)C1C. The number of ether oxygens (including phenoxy) is 11. The van der Waals surface area contributed by atoms with Crippen LogP contribution in [-0.2, 0) is 73.2 Å². The van der Waals surface area contributed by atoms with Crippen molar-refractivity contribution < 1.29 is 81.2 Å². The largest absolute Gasteiger partial charge is 0.460 e. The first-order valence-corrected chi connectivity index (χ1v) is 21.4. The molecule has 1 aliphatic rings. The van der Waals surface area contributed by atoms with E-state index >= 15 is 0 Å². The molecule has 62 heavy (non-hydrogen) atoms. The van der Waals surface area contributed by atoms with Crippen LogP contribution in [0.5, 0.6) is 5.75 Å². The van der Waals surface area contributed by atoms with Crippen LogP contribution in [0.2, 0.25) is 0 Å². The fourth-order valence-electron chi connectivity index (χ4n) is 5.76. The standard InChI is InChI=1S/C43H72N2O17/c1-31-32(2)40(60-34(4)47)41(59-33(31)3)61-38-12-10-36(29-35(38)30-46)44-39(49)13-11-37(48)9-8-14-51-15-16-52-17-18-53-19-20-54-21-22-55-23-24-56-25-26-57-27-28-58-45-42(50)62-43(5,6)7/h10,12,29,31-33,40-41,46H,8-9,11,13-28,30H2,1-7H3,(H,44,49)(H,45,50). The van der Waals surface area contributed by atoms with Crippen LogP contribution in [0.1, 0.15) is 79.7 Å². The molecule has 0 saturated carbocycles. The van der Waals surface area contributed by atoms with Crippen molar-refractivity contribution in [1.82, 2.24) is 5.48 Å². The van der Waals surface area contributed by atoms with Gasteiger partial charge in [-0.15, -0.1) is 0 Å². The smallest absolute Gasteiger partial charge is 0.431 e. The summed E-state index contributed by atoms with van der Waals surface area (Å²) in [7, 11) is 0. The molecule has 356 valence electrons. The average Bonchev–Trinajstić information content (AvgIpc) is 3.21. The maximum Gasteiger partial charge on any atom is 0.431 e. The maximum absolute atomic E-state index is 12.6. The number of hydrogen-bond acceptors (Lipinski definition) is 17. The highest BCUT2D eigenvalue weighted by molar-refractivity contribution is 5.93. The molecule has 0 aliphatic carbocycles. The molecule has 0 radical (unpaired) electrons. The van der Waals surface area contributed by atoms with Crippen LogP contribution in [0.15, 0.2) is 18.2 Å². The lowest BCUT2D eigenvalue weighted by atomic mass is 9.84. The molecule has 0 bridgehead atoms. The number of benzene rings is 1. The molecule has 1 aromatic carbocycles. The number of nitrogens with one attached hydrogen (secondary N) is 2. The van der Waals surface area contributed by atoms with Gasteiger partial charge in [0.1, 0.15) is 17.1 Å². The first kappa shape index (κ1) is 54.6. The number of esters is 1. The van der Waals surface area contributed by atoms with Gasteiger partial charge in [0.15, 0.2) is 6.10 Å². The Labute approximate surface area is 366 Å². The van der Waals surface area contributed by atoms with Crippen molar-refractivity contribution in [2.45, 2.75) is 105 Å². The number of Topliss-reactive ketones (excluding diaryl/α,β-unsaturated/α-hetero) is 1. The third-order valence-corrected chi connectivity index (χ3v) is 9.26. The Hall–Kier alpha value is -3.50. The molecule has 3 N–H and O–H groups in total. The first-order valence-electron chi connectivity index (χ1n) is 21.4. The van der Waals surface area contributed by atoms with Crippen LogP contribution < -0.4 is 15.5 Å². The Balaban J connectivity index is 1.38. The molecule has 19 nitrogen and oxygen atoms in total. The van der Waals surface area contributed by atoms with Crippen LogP contribution in [-0.4, -0.2) is 152 Å². The van der Waals surface area contributed by atoms with Crippen molar-refractivity contribution in [2.24, 2.45) is 11.8 Å². The third kappa shape index (κ3) is 25.6. The Kier molecular flexibility index (Phi) is 28.4. The van der Waals surface area contributed by atoms with Crippen LogP contribution in [0.25, 0.3) is 0 Å². The van der Waals surface area contributed by atoms with Crippen molar-refractivity contribution in [1.29, 1.82) is 0 Å². The van der Waals surface area contributed by atoms with E-state index in [1.54, 1.807) is 39.0 Å². The molecule has 2 amide bonds. The van der Waals surface area contributed by atoms with Gasteiger partial charge in [-0.1, -0.05) is 13.8 Å². The molecular weight excluding hydrogens is 816 g/mol. The van der Waals surface area contributed by atoms with Crippen LogP contribution in [0.3, 0.4) is 0 Å². The van der Waals surface area contributed by atoms with E-state index in [9.17, 15) is 24.3 Å². The number of amides is 2. The number of ketones is 1. The van der Waals surface area contributed by atoms with E-state index in [2.05, 4.69) is 10.8 Å². The second-order valence-corrected chi connectivity index (χ2v) is 15.5. The Morgan fingerprint density at radius 2 is 1.21 bits per heavy atom. The van der Waals surface area contributed by atoms with Crippen molar-refractivity contribution >= 4 is 29.4 Å². The minimum absolute atomic E-state index is 0.0183. The monoisotopic (exact) mass is 888 g/mol. The van der Waals surface area contributed by atoms with Gasteiger partial charge in [0.05, 0.1) is 105 Å². The summed E-state index contributed by atoms with van der Waals surface area (Å²) in [6, 6.07) is 4.84. The molecule has 1 aliphatic heterocycles.